The number of nitrogens with one attached hydrogen (secondary N) is 1. The number of halogens is 1. The minimum absolute atomic E-state index is 0.0722. The standard InChI is InChI=1S/C13H15BrN4O/c1-18-9-16-12(17-18)6-7-15-13(19)11-4-2-10(8-14)3-5-11/h2-5,9H,6-8H2,1H3,(H,15,19). The summed E-state index contributed by atoms with van der Waals surface area (Å²) in [7, 11) is 1.82. The lowest BCUT2D eigenvalue weighted by Gasteiger charge is -2.04. The molecule has 19 heavy (non-hydrogen) atoms. The van der Waals surface area contributed by atoms with Crippen molar-refractivity contribution in [1.82, 2.24) is 20.1 Å². The van der Waals surface area contributed by atoms with Crippen LogP contribution in [-0.4, -0.2) is 27.2 Å². The molecule has 0 fully saturated rings. The summed E-state index contributed by atoms with van der Waals surface area (Å²) >= 11 is 3.37. The fourth-order valence-corrected chi connectivity index (χ4v) is 2.01. The first-order valence-electron chi connectivity index (χ1n) is 5.96. The summed E-state index contributed by atoms with van der Waals surface area (Å²) in [4.78, 5) is 16.0. The number of benzene rings is 1. The number of hydrogen-bond acceptors (Lipinski definition) is 3. The van der Waals surface area contributed by atoms with E-state index in [9.17, 15) is 4.79 Å². The van der Waals surface area contributed by atoms with E-state index in [2.05, 4.69) is 31.3 Å². The first-order valence-corrected chi connectivity index (χ1v) is 7.09. The van der Waals surface area contributed by atoms with Crippen molar-refractivity contribution in [2.24, 2.45) is 7.05 Å². The second-order valence-corrected chi connectivity index (χ2v) is 4.73. The topological polar surface area (TPSA) is 59.8 Å². The second kappa shape index (κ2) is 6.47. The van der Waals surface area contributed by atoms with Gasteiger partial charge in [0, 0.05) is 30.9 Å². The van der Waals surface area contributed by atoms with Gasteiger partial charge in [0.2, 0.25) is 0 Å². The summed E-state index contributed by atoms with van der Waals surface area (Å²) in [6, 6.07) is 7.52. The SMILES string of the molecule is Cn1cnc(CCNC(=O)c2ccc(CBr)cc2)n1. The fraction of sp³-hybridized carbons (Fsp3) is 0.308. The molecule has 1 N–H and O–H groups in total. The lowest BCUT2D eigenvalue weighted by molar-refractivity contribution is 0.0954. The predicted octanol–water partition coefficient (Wildman–Crippen LogP) is 1.68. The van der Waals surface area contributed by atoms with Crippen LogP contribution >= 0.6 is 15.9 Å². The van der Waals surface area contributed by atoms with Gasteiger partial charge in [-0.05, 0) is 17.7 Å². The number of aryl methyl sites for hydroxylation is 1. The second-order valence-electron chi connectivity index (χ2n) is 4.17. The van der Waals surface area contributed by atoms with Gasteiger partial charge in [-0.15, -0.1) is 0 Å². The smallest absolute Gasteiger partial charge is 0.251 e. The highest BCUT2D eigenvalue weighted by Crippen LogP contribution is 2.07. The Morgan fingerprint density at radius 2 is 2.11 bits per heavy atom. The quantitative estimate of drug-likeness (QED) is 0.852. The minimum atomic E-state index is -0.0722. The molecule has 0 saturated carbocycles. The van der Waals surface area contributed by atoms with Crippen LogP contribution in [0.4, 0.5) is 0 Å². The molecule has 0 aliphatic rings. The molecule has 1 aromatic carbocycles. The molecule has 2 aromatic rings. The van der Waals surface area contributed by atoms with Crippen molar-refractivity contribution in [2.45, 2.75) is 11.8 Å². The zero-order valence-electron chi connectivity index (χ0n) is 10.6. The van der Waals surface area contributed by atoms with E-state index in [1.54, 1.807) is 11.0 Å². The van der Waals surface area contributed by atoms with Crippen LogP contribution in [0.5, 0.6) is 0 Å². The highest BCUT2D eigenvalue weighted by atomic mass is 79.9. The summed E-state index contributed by atoms with van der Waals surface area (Å²) in [5, 5.41) is 7.80. The highest BCUT2D eigenvalue weighted by Gasteiger charge is 2.05. The lowest BCUT2D eigenvalue weighted by Crippen LogP contribution is -2.25. The van der Waals surface area contributed by atoms with Crippen molar-refractivity contribution in [1.29, 1.82) is 0 Å². The Labute approximate surface area is 120 Å². The molecular formula is C13H15BrN4O. The Morgan fingerprint density at radius 1 is 1.37 bits per heavy atom. The van der Waals surface area contributed by atoms with Gasteiger partial charge in [-0.1, -0.05) is 28.1 Å². The summed E-state index contributed by atoms with van der Waals surface area (Å²) in [6.07, 6.45) is 2.28. The molecule has 100 valence electrons. The number of hydrogen-bond donors (Lipinski definition) is 1. The highest BCUT2D eigenvalue weighted by molar-refractivity contribution is 9.08. The molecular weight excluding hydrogens is 308 g/mol. The lowest BCUT2D eigenvalue weighted by atomic mass is 10.1. The van der Waals surface area contributed by atoms with Gasteiger partial charge in [-0.3, -0.25) is 9.48 Å². The molecule has 0 radical (unpaired) electrons. The Kier molecular flexibility index (Phi) is 4.68. The van der Waals surface area contributed by atoms with Crippen molar-refractivity contribution in [3.05, 3.63) is 47.5 Å². The van der Waals surface area contributed by atoms with Crippen molar-refractivity contribution in [3.8, 4) is 0 Å². The number of nitrogens with zero attached hydrogens (tertiary/aromatic N) is 3. The van der Waals surface area contributed by atoms with Gasteiger partial charge in [0.25, 0.3) is 5.91 Å². The summed E-state index contributed by atoms with van der Waals surface area (Å²) in [5.74, 6) is 0.662. The van der Waals surface area contributed by atoms with E-state index in [1.807, 2.05) is 31.3 Å². The van der Waals surface area contributed by atoms with E-state index in [1.165, 1.54) is 0 Å². The van der Waals surface area contributed by atoms with Crippen molar-refractivity contribution in [3.63, 3.8) is 0 Å². The number of alkyl halides is 1. The molecule has 0 spiro atoms. The first kappa shape index (κ1) is 13.7. The molecule has 0 saturated heterocycles. The van der Waals surface area contributed by atoms with Gasteiger partial charge in [-0.2, -0.15) is 5.10 Å². The fourth-order valence-electron chi connectivity index (χ4n) is 1.63. The van der Waals surface area contributed by atoms with E-state index in [4.69, 9.17) is 0 Å². The third-order valence-electron chi connectivity index (χ3n) is 2.65. The van der Waals surface area contributed by atoms with Gasteiger partial charge in [-0.25, -0.2) is 4.98 Å². The normalized spacial score (nSPS) is 10.4. The molecule has 5 nitrogen and oxygen atoms in total. The first-order chi connectivity index (χ1) is 9.19. The molecule has 1 heterocycles. The van der Waals surface area contributed by atoms with Crippen LogP contribution in [0.15, 0.2) is 30.6 Å². The van der Waals surface area contributed by atoms with E-state index < -0.39 is 0 Å². The number of rotatable bonds is 5. The van der Waals surface area contributed by atoms with Crippen LogP contribution in [-0.2, 0) is 18.8 Å². The largest absolute Gasteiger partial charge is 0.352 e. The molecule has 0 aliphatic carbocycles. The summed E-state index contributed by atoms with van der Waals surface area (Å²) < 4.78 is 1.65. The summed E-state index contributed by atoms with van der Waals surface area (Å²) in [5.41, 5.74) is 1.81. The van der Waals surface area contributed by atoms with E-state index >= 15 is 0 Å². The van der Waals surface area contributed by atoms with Crippen LogP contribution in [0.25, 0.3) is 0 Å². The monoisotopic (exact) mass is 322 g/mol. The number of carbonyl (C=O) groups excluding carboxylic acids is 1. The maximum absolute atomic E-state index is 11.9. The molecule has 0 atom stereocenters. The van der Waals surface area contributed by atoms with Crippen LogP contribution < -0.4 is 5.32 Å². The number of carbonyl (C=O) groups is 1. The van der Waals surface area contributed by atoms with Crippen LogP contribution in [0, 0.1) is 0 Å². The van der Waals surface area contributed by atoms with Crippen molar-refractivity contribution in [2.75, 3.05) is 6.54 Å². The zero-order chi connectivity index (χ0) is 13.7. The Hall–Kier alpha value is -1.69. The third kappa shape index (κ3) is 3.89. The minimum Gasteiger partial charge on any atom is -0.352 e. The zero-order valence-corrected chi connectivity index (χ0v) is 12.2. The van der Waals surface area contributed by atoms with Crippen molar-refractivity contribution >= 4 is 21.8 Å². The van der Waals surface area contributed by atoms with Crippen LogP contribution in [0.3, 0.4) is 0 Å². The summed E-state index contributed by atoms with van der Waals surface area (Å²) in [6.45, 7) is 0.531. The molecule has 6 heteroatoms. The maximum Gasteiger partial charge on any atom is 0.251 e. The van der Waals surface area contributed by atoms with E-state index in [0.717, 1.165) is 16.7 Å². The number of aromatic nitrogens is 3. The van der Waals surface area contributed by atoms with E-state index in [-0.39, 0.29) is 5.91 Å². The van der Waals surface area contributed by atoms with E-state index in [0.29, 0.717) is 18.5 Å². The third-order valence-corrected chi connectivity index (χ3v) is 3.30. The van der Waals surface area contributed by atoms with Crippen LogP contribution in [0.1, 0.15) is 21.7 Å². The molecule has 0 unspecified atom stereocenters. The Bertz CT molecular complexity index is 550. The Morgan fingerprint density at radius 3 is 2.68 bits per heavy atom. The molecule has 2 rings (SSSR count). The van der Waals surface area contributed by atoms with Gasteiger partial charge in [0.15, 0.2) is 5.82 Å². The molecule has 0 bridgehead atoms. The van der Waals surface area contributed by atoms with Crippen molar-refractivity contribution < 1.29 is 4.79 Å². The van der Waals surface area contributed by atoms with Gasteiger partial charge < -0.3 is 5.32 Å². The predicted molar refractivity (Wildman–Crippen MR) is 76.1 cm³/mol. The Balaban J connectivity index is 1.83. The van der Waals surface area contributed by atoms with Gasteiger partial charge >= 0.3 is 0 Å². The van der Waals surface area contributed by atoms with Crippen LogP contribution in [0.2, 0.25) is 0 Å². The van der Waals surface area contributed by atoms with Gasteiger partial charge in [0.05, 0.1) is 0 Å². The van der Waals surface area contributed by atoms with Gasteiger partial charge in [0.1, 0.15) is 6.33 Å². The molecule has 1 aromatic heterocycles. The maximum atomic E-state index is 11.9. The molecule has 0 aliphatic heterocycles. The average Bonchev–Trinajstić information content (AvgIpc) is 2.84. The average molecular weight is 323 g/mol. The number of amides is 1. The molecule has 1 amide bonds.